The Morgan fingerprint density at radius 2 is 0.830 bits per heavy atom. The van der Waals surface area contributed by atoms with Crippen molar-refractivity contribution in [3.05, 3.63) is 57.6 Å². The molecule has 0 aromatic heterocycles. The van der Waals surface area contributed by atoms with Crippen molar-refractivity contribution in [3.8, 4) is 11.5 Å². The molecule has 2 aliphatic heterocycles. The molecule has 2 heterocycles. The minimum Gasteiger partial charge on any atom is -0.507 e. The fourth-order valence-electron chi connectivity index (χ4n) is 10.2. The van der Waals surface area contributed by atoms with E-state index in [0.717, 1.165) is 0 Å². The molecule has 10 nitrogen and oxygen atoms in total. The van der Waals surface area contributed by atoms with Crippen LogP contribution < -0.4 is 0 Å². The van der Waals surface area contributed by atoms with Gasteiger partial charge in [0.05, 0.1) is 0 Å². The molecular weight excluding hydrogens is 672 g/mol. The standard InChI is InChI=1S/C43H62N2O8/c1-25-15-31(16-26(2)35(25)48)19-43(20-32-17-27(3)36(49)28(4)18-32,37(50)52-33-21-39(7,8)44(29(5)46)40(9,10)22-33)38(51)53-34-23-41(11,12)45(30(6)47)42(13,14)24-34/h15-18,33-34,48-49H,19-24H2,1-14H3. The molecule has 2 fully saturated rings. The highest BCUT2D eigenvalue weighted by atomic mass is 16.6. The predicted octanol–water partition coefficient (Wildman–Crippen LogP) is 7.33. The minimum absolute atomic E-state index is 0.0690. The molecule has 292 valence electrons. The number of ether oxygens (including phenoxy) is 2. The van der Waals surface area contributed by atoms with Gasteiger partial charge < -0.3 is 29.5 Å². The number of carbonyl (C=O) groups is 4. The van der Waals surface area contributed by atoms with E-state index in [1.165, 1.54) is 0 Å². The Kier molecular flexibility index (Phi) is 11.2. The second kappa shape index (κ2) is 14.3. The number of benzene rings is 2. The number of carbonyl (C=O) groups excluding carboxylic acids is 4. The first kappa shape index (κ1) is 41.7. The SMILES string of the molecule is CC(=O)N1C(C)(C)CC(OC(=O)C(Cc2cc(C)c(O)c(C)c2)(Cc2cc(C)c(O)c(C)c2)C(=O)OC2CC(C)(C)N(C(C)=O)C(C)(C)C2)CC1(C)C. The molecule has 2 aromatic carbocycles. The molecule has 2 N–H and O–H groups in total. The first-order valence-electron chi connectivity index (χ1n) is 18.8. The average Bonchev–Trinajstić information content (AvgIpc) is 2.94. The zero-order valence-electron chi connectivity index (χ0n) is 34.4. The zero-order valence-corrected chi connectivity index (χ0v) is 34.4. The molecule has 0 saturated carbocycles. The summed E-state index contributed by atoms with van der Waals surface area (Å²) in [6.45, 7) is 25.8. The van der Waals surface area contributed by atoms with Crippen LogP contribution in [0.15, 0.2) is 24.3 Å². The van der Waals surface area contributed by atoms with Gasteiger partial charge in [0.25, 0.3) is 0 Å². The van der Waals surface area contributed by atoms with Crippen LogP contribution in [0, 0.1) is 33.1 Å². The lowest BCUT2D eigenvalue weighted by atomic mass is 9.74. The Hall–Kier alpha value is -4.08. The largest absolute Gasteiger partial charge is 0.507 e. The molecule has 4 rings (SSSR count). The van der Waals surface area contributed by atoms with Crippen LogP contribution in [0.4, 0.5) is 0 Å². The van der Waals surface area contributed by atoms with Crippen molar-refractivity contribution in [2.75, 3.05) is 0 Å². The number of esters is 2. The average molecular weight is 735 g/mol. The Morgan fingerprint density at radius 1 is 0.585 bits per heavy atom. The van der Waals surface area contributed by atoms with Crippen molar-refractivity contribution in [2.45, 2.75) is 170 Å². The van der Waals surface area contributed by atoms with Crippen LogP contribution in [0.2, 0.25) is 0 Å². The van der Waals surface area contributed by atoms with Crippen LogP contribution in [0.25, 0.3) is 0 Å². The summed E-state index contributed by atoms with van der Waals surface area (Å²) < 4.78 is 13.0. The van der Waals surface area contributed by atoms with Gasteiger partial charge in [0, 0.05) is 61.7 Å². The van der Waals surface area contributed by atoms with E-state index >= 15 is 9.59 Å². The summed E-state index contributed by atoms with van der Waals surface area (Å²) in [6, 6.07) is 7.11. The lowest BCUT2D eigenvalue weighted by molar-refractivity contribution is -0.189. The van der Waals surface area contributed by atoms with Crippen LogP contribution in [-0.4, -0.2) is 78.1 Å². The molecule has 53 heavy (non-hydrogen) atoms. The third-order valence-electron chi connectivity index (χ3n) is 11.4. The van der Waals surface area contributed by atoms with Gasteiger partial charge in [0.15, 0.2) is 5.41 Å². The number of phenolic OH excluding ortho intramolecular Hbond substituents is 2. The fraction of sp³-hybridized carbons (Fsp3) is 0.628. The third kappa shape index (κ3) is 8.36. The number of hydrogen-bond acceptors (Lipinski definition) is 8. The number of hydrogen-bond donors (Lipinski definition) is 2. The highest BCUT2D eigenvalue weighted by molar-refractivity contribution is 6.01. The molecule has 0 radical (unpaired) electrons. The molecule has 0 unspecified atom stereocenters. The van der Waals surface area contributed by atoms with E-state index in [1.807, 2.05) is 65.2 Å². The van der Waals surface area contributed by atoms with E-state index in [0.29, 0.717) is 59.1 Å². The maximum Gasteiger partial charge on any atom is 0.324 e. The van der Waals surface area contributed by atoms with Gasteiger partial charge in [-0.15, -0.1) is 0 Å². The number of rotatable bonds is 8. The molecule has 2 aromatic rings. The number of phenols is 2. The number of aromatic hydroxyl groups is 2. The van der Waals surface area contributed by atoms with Gasteiger partial charge in [-0.2, -0.15) is 0 Å². The predicted molar refractivity (Wildman–Crippen MR) is 205 cm³/mol. The Bertz CT molecular complexity index is 1580. The van der Waals surface area contributed by atoms with Gasteiger partial charge in [-0.1, -0.05) is 24.3 Å². The van der Waals surface area contributed by atoms with E-state index in [9.17, 15) is 19.8 Å². The van der Waals surface area contributed by atoms with Crippen molar-refractivity contribution < 1.29 is 38.9 Å². The number of likely N-dealkylation sites (tertiary alicyclic amines) is 2. The molecule has 10 heteroatoms. The first-order chi connectivity index (χ1) is 24.1. The molecular formula is C43H62N2O8. The second-order valence-electron chi connectivity index (χ2n) is 18.4. The zero-order chi connectivity index (χ0) is 40.2. The Labute approximate surface area is 316 Å². The summed E-state index contributed by atoms with van der Waals surface area (Å²) in [7, 11) is 0. The summed E-state index contributed by atoms with van der Waals surface area (Å²) in [4.78, 5) is 59.7. The number of piperidine rings is 2. The summed E-state index contributed by atoms with van der Waals surface area (Å²) in [5.41, 5.74) is -0.724. The maximum absolute atomic E-state index is 15.2. The smallest absolute Gasteiger partial charge is 0.324 e. The van der Waals surface area contributed by atoms with E-state index in [1.54, 1.807) is 65.8 Å². The topological polar surface area (TPSA) is 134 Å². The van der Waals surface area contributed by atoms with Gasteiger partial charge in [-0.25, -0.2) is 0 Å². The molecule has 2 amide bonds. The normalized spacial score (nSPS) is 19.8. The van der Waals surface area contributed by atoms with E-state index < -0.39 is 51.7 Å². The van der Waals surface area contributed by atoms with Crippen LogP contribution in [0.3, 0.4) is 0 Å². The summed E-state index contributed by atoms with van der Waals surface area (Å²) >= 11 is 0. The third-order valence-corrected chi connectivity index (χ3v) is 11.4. The van der Waals surface area contributed by atoms with Crippen LogP contribution >= 0.6 is 0 Å². The highest BCUT2D eigenvalue weighted by Gasteiger charge is 2.55. The quantitative estimate of drug-likeness (QED) is 0.213. The van der Waals surface area contributed by atoms with Gasteiger partial charge >= 0.3 is 11.9 Å². The number of nitrogens with zero attached hydrogens (tertiary/aromatic N) is 2. The lowest BCUT2D eigenvalue weighted by Gasteiger charge is -2.55. The number of aryl methyl sites for hydroxylation is 4. The van der Waals surface area contributed by atoms with Crippen LogP contribution in [-0.2, 0) is 41.5 Å². The van der Waals surface area contributed by atoms with E-state index in [4.69, 9.17) is 9.47 Å². The molecule has 0 aliphatic carbocycles. The van der Waals surface area contributed by atoms with Gasteiger partial charge in [0.1, 0.15) is 23.7 Å². The Balaban J connectivity index is 1.88. The Morgan fingerprint density at radius 3 is 1.06 bits per heavy atom. The van der Waals surface area contributed by atoms with E-state index in [-0.39, 0.29) is 36.2 Å². The maximum atomic E-state index is 15.2. The van der Waals surface area contributed by atoms with Crippen LogP contribution in [0.5, 0.6) is 11.5 Å². The monoisotopic (exact) mass is 734 g/mol. The summed E-state index contributed by atoms with van der Waals surface area (Å²) in [6.07, 6.45) is 0.0905. The summed E-state index contributed by atoms with van der Waals surface area (Å²) in [5, 5.41) is 21.3. The first-order valence-corrected chi connectivity index (χ1v) is 18.8. The molecule has 2 aliphatic rings. The van der Waals surface area contributed by atoms with Gasteiger partial charge in [-0.05, 0) is 129 Å². The fourth-order valence-corrected chi connectivity index (χ4v) is 10.2. The molecule has 2 saturated heterocycles. The van der Waals surface area contributed by atoms with Crippen molar-refractivity contribution in [1.29, 1.82) is 0 Å². The lowest BCUT2D eigenvalue weighted by Crippen LogP contribution is -2.64. The molecule has 0 bridgehead atoms. The van der Waals surface area contributed by atoms with E-state index in [2.05, 4.69) is 0 Å². The van der Waals surface area contributed by atoms with Gasteiger partial charge in [0.2, 0.25) is 11.8 Å². The van der Waals surface area contributed by atoms with Gasteiger partial charge in [-0.3, -0.25) is 19.2 Å². The molecule has 0 spiro atoms. The van der Waals surface area contributed by atoms with Crippen LogP contribution in [0.1, 0.15) is 128 Å². The summed E-state index contributed by atoms with van der Waals surface area (Å²) in [5.74, 6) is -1.33. The highest BCUT2D eigenvalue weighted by Crippen LogP contribution is 2.44. The second-order valence-corrected chi connectivity index (χ2v) is 18.4. The van der Waals surface area contributed by atoms with Crippen molar-refractivity contribution in [2.24, 2.45) is 5.41 Å². The van der Waals surface area contributed by atoms with Crippen molar-refractivity contribution in [1.82, 2.24) is 9.80 Å². The molecule has 0 atom stereocenters. The number of amides is 2. The minimum atomic E-state index is -1.89. The van der Waals surface area contributed by atoms with Crippen molar-refractivity contribution >= 4 is 23.8 Å². The van der Waals surface area contributed by atoms with Crippen molar-refractivity contribution in [3.63, 3.8) is 0 Å².